The molecule has 4 heteroatoms. The van der Waals surface area contributed by atoms with Crippen LogP contribution in [0, 0.1) is 0 Å². The molecule has 1 unspecified atom stereocenters. The molecule has 1 atom stereocenters. The summed E-state index contributed by atoms with van der Waals surface area (Å²) in [5.41, 5.74) is 1.15. The highest BCUT2D eigenvalue weighted by Gasteiger charge is 2.22. The van der Waals surface area contributed by atoms with Gasteiger partial charge in [-0.25, -0.2) is 4.98 Å². The summed E-state index contributed by atoms with van der Waals surface area (Å²) >= 11 is 0. The molecule has 0 aliphatic carbocycles. The topological polar surface area (TPSA) is 39.1 Å². The summed E-state index contributed by atoms with van der Waals surface area (Å²) in [5, 5.41) is 3.50. The van der Waals surface area contributed by atoms with Crippen molar-refractivity contribution in [2.24, 2.45) is 7.05 Å². The second-order valence-electron chi connectivity index (χ2n) is 4.06. The Morgan fingerprint density at radius 3 is 3.06 bits per heavy atom. The lowest BCUT2D eigenvalue weighted by atomic mass is 10.1. The largest absolute Gasteiger partial charge is 0.496 e. The van der Waals surface area contributed by atoms with Crippen LogP contribution in [0.2, 0.25) is 0 Å². The number of aromatic nitrogens is 2. The van der Waals surface area contributed by atoms with E-state index < -0.39 is 0 Å². The zero-order valence-electron chi connectivity index (χ0n) is 9.94. The summed E-state index contributed by atoms with van der Waals surface area (Å²) in [6.45, 7) is 3.95. The number of hydrogen-bond acceptors (Lipinski definition) is 3. The first kappa shape index (κ1) is 11.2. The van der Waals surface area contributed by atoms with Crippen LogP contribution in [0.25, 0.3) is 0 Å². The van der Waals surface area contributed by atoms with Crippen molar-refractivity contribution >= 4 is 0 Å². The molecule has 0 bridgehead atoms. The van der Waals surface area contributed by atoms with Crippen LogP contribution in [0.5, 0.6) is 0 Å². The Balaban J connectivity index is 2.17. The molecule has 0 saturated heterocycles. The van der Waals surface area contributed by atoms with Crippen LogP contribution in [0.15, 0.2) is 24.4 Å². The Morgan fingerprint density at radius 1 is 1.62 bits per heavy atom. The Morgan fingerprint density at radius 2 is 2.50 bits per heavy atom. The molecular formula is C12H19N3O. The first-order chi connectivity index (χ1) is 7.83. The first-order valence-electron chi connectivity index (χ1n) is 5.85. The van der Waals surface area contributed by atoms with Crippen molar-refractivity contribution in [2.45, 2.75) is 25.8 Å². The molecule has 0 spiro atoms. The molecule has 16 heavy (non-hydrogen) atoms. The van der Waals surface area contributed by atoms with E-state index in [-0.39, 0.29) is 6.04 Å². The Hall–Kier alpha value is -1.29. The van der Waals surface area contributed by atoms with Gasteiger partial charge in [0.05, 0.1) is 24.8 Å². The van der Waals surface area contributed by atoms with Crippen LogP contribution in [0.4, 0.5) is 0 Å². The summed E-state index contributed by atoms with van der Waals surface area (Å²) in [6, 6.07) is 0.148. The van der Waals surface area contributed by atoms with Gasteiger partial charge >= 0.3 is 0 Å². The van der Waals surface area contributed by atoms with Crippen molar-refractivity contribution in [2.75, 3.05) is 13.2 Å². The molecule has 2 rings (SSSR count). The average molecular weight is 221 g/mol. The maximum atomic E-state index is 5.65. The van der Waals surface area contributed by atoms with E-state index in [1.54, 1.807) is 0 Å². The van der Waals surface area contributed by atoms with E-state index >= 15 is 0 Å². The number of imidazole rings is 1. The van der Waals surface area contributed by atoms with E-state index in [2.05, 4.69) is 23.3 Å². The number of hydrogen-bond donors (Lipinski definition) is 1. The number of ether oxygens (including phenoxy) is 1. The van der Waals surface area contributed by atoms with Gasteiger partial charge in [-0.1, -0.05) is 6.92 Å². The normalized spacial score (nSPS) is 17.0. The van der Waals surface area contributed by atoms with E-state index in [9.17, 15) is 0 Å². The van der Waals surface area contributed by atoms with Gasteiger partial charge in [0.2, 0.25) is 0 Å². The Kier molecular flexibility index (Phi) is 3.62. The van der Waals surface area contributed by atoms with Gasteiger partial charge < -0.3 is 14.6 Å². The second kappa shape index (κ2) is 5.16. The SMILES string of the molecule is CCCNC(C1=CCCO1)c1cncn1C. The zero-order valence-corrected chi connectivity index (χ0v) is 9.94. The first-order valence-corrected chi connectivity index (χ1v) is 5.85. The molecule has 1 aliphatic heterocycles. The van der Waals surface area contributed by atoms with Gasteiger partial charge in [-0.15, -0.1) is 0 Å². The number of rotatable bonds is 5. The smallest absolute Gasteiger partial charge is 0.115 e. The fourth-order valence-corrected chi connectivity index (χ4v) is 1.92. The van der Waals surface area contributed by atoms with Gasteiger partial charge in [0.25, 0.3) is 0 Å². The van der Waals surface area contributed by atoms with Gasteiger partial charge in [-0.3, -0.25) is 0 Å². The lowest BCUT2D eigenvalue weighted by Crippen LogP contribution is -2.26. The van der Waals surface area contributed by atoms with E-state index in [4.69, 9.17) is 4.74 Å². The number of aryl methyl sites for hydroxylation is 1. The highest BCUT2D eigenvalue weighted by atomic mass is 16.5. The molecule has 4 nitrogen and oxygen atoms in total. The van der Waals surface area contributed by atoms with E-state index in [1.165, 1.54) is 0 Å². The molecule has 88 valence electrons. The minimum atomic E-state index is 0.148. The summed E-state index contributed by atoms with van der Waals surface area (Å²) < 4.78 is 7.69. The fourth-order valence-electron chi connectivity index (χ4n) is 1.92. The average Bonchev–Trinajstić information content (AvgIpc) is 2.91. The van der Waals surface area contributed by atoms with Crippen molar-refractivity contribution in [1.82, 2.24) is 14.9 Å². The quantitative estimate of drug-likeness (QED) is 0.823. The molecule has 1 N–H and O–H groups in total. The van der Waals surface area contributed by atoms with Crippen molar-refractivity contribution in [3.05, 3.63) is 30.1 Å². The third kappa shape index (κ3) is 2.27. The maximum Gasteiger partial charge on any atom is 0.115 e. The van der Waals surface area contributed by atoms with Gasteiger partial charge in [0, 0.05) is 13.5 Å². The monoisotopic (exact) mass is 221 g/mol. The summed E-state index contributed by atoms with van der Waals surface area (Å²) in [4.78, 5) is 4.16. The van der Waals surface area contributed by atoms with Gasteiger partial charge in [0.15, 0.2) is 0 Å². The molecule has 0 amide bonds. The highest BCUT2D eigenvalue weighted by molar-refractivity contribution is 5.19. The predicted octanol–water partition coefficient (Wildman–Crippen LogP) is 1.76. The predicted molar refractivity (Wildman–Crippen MR) is 62.9 cm³/mol. The fraction of sp³-hybridized carbons (Fsp3) is 0.583. The highest BCUT2D eigenvalue weighted by Crippen LogP contribution is 2.25. The van der Waals surface area contributed by atoms with Crippen molar-refractivity contribution in [3.63, 3.8) is 0 Å². The minimum absolute atomic E-state index is 0.148. The molecule has 1 aliphatic rings. The summed E-state index contributed by atoms with van der Waals surface area (Å²) in [6.07, 6.45) is 8.01. The molecule has 1 aromatic heterocycles. The lowest BCUT2D eigenvalue weighted by molar-refractivity contribution is 0.213. The molecule has 0 aromatic carbocycles. The van der Waals surface area contributed by atoms with Crippen molar-refractivity contribution in [1.29, 1.82) is 0 Å². The van der Waals surface area contributed by atoms with Gasteiger partial charge in [0.1, 0.15) is 11.8 Å². The molecular weight excluding hydrogens is 202 g/mol. The van der Waals surface area contributed by atoms with Crippen LogP contribution >= 0.6 is 0 Å². The van der Waals surface area contributed by atoms with Gasteiger partial charge in [-0.05, 0) is 19.0 Å². The molecule has 2 heterocycles. The summed E-state index contributed by atoms with van der Waals surface area (Å²) in [7, 11) is 2.01. The Labute approximate surface area is 96.3 Å². The standard InChI is InChI=1S/C12H19N3O/c1-3-6-14-12(11-5-4-7-16-11)10-8-13-9-15(10)2/h5,8-9,12,14H,3-4,6-7H2,1-2H3. The Bertz CT molecular complexity index is 370. The number of nitrogens with one attached hydrogen (secondary N) is 1. The summed E-state index contributed by atoms with van der Waals surface area (Å²) in [5.74, 6) is 1.04. The van der Waals surface area contributed by atoms with Crippen LogP contribution in [-0.4, -0.2) is 22.7 Å². The molecule has 0 saturated carbocycles. The zero-order chi connectivity index (χ0) is 11.4. The second-order valence-corrected chi connectivity index (χ2v) is 4.06. The van der Waals surface area contributed by atoms with Crippen LogP contribution in [-0.2, 0) is 11.8 Å². The van der Waals surface area contributed by atoms with Crippen LogP contribution in [0.3, 0.4) is 0 Å². The van der Waals surface area contributed by atoms with E-state index in [1.807, 2.05) is 24.1 Å². The van der Waals surface area contributed by atoms with Crippen LogP contribution in [0.1, 0.15) is 31.5 Å². The third-order valence-corrected chi connectivity index (χ3v) is 2.76. The van der Waals surface area contributed by atoms with Crippen LogP contribution < -0.4 is 5.32 Å². The van der Waals surface area contributed by atoms with E-state index in [0.717, 1.165) is 37.4 Å². The third-order valence-electron chi connectivity index (χ3n) is 2.76. The lowest BCUT2D eigenvalue weighted by Gasteiger charge is -2.19. The molecule has 1 aromatic rings. The minimum Gasteiger partial charge on any atom is -0.496 e. The van der Waals surface area contributed by atoms with Crippen molar-refractivity contribution < 1.29 is 4.74 Å². The molecule has 0 radical (unpaired) electrons. The maximum absolute atomic E-state index is 5.65. The van der Waals surface area contributed by atoms with Crippen molar-refractivity contribution in [3.8, 4) is 0 Å². The van der Waals surface area contributed by atoms with E-state index in [0.29, 0.717) is 0 Å². The van der Waals surface area contributed by atoms with Gasteiger partial charge in [-0.2, -0.15) is 0 Å². The molecule has 0 fully saturated rings. The number of nitrogens with zero attached hydrogens (tertiary/aromatic N) is 2.